The van der Waals surface area contributed by atoms with Gasteiger partial charge in [0.1, 0.15) is 5.69 Å². The first kappa shape index (κ1) is 14.7. The molecule has 0 aliphatic carbocycles. The first-order chi connectivity index (χ1) is 9.60. The van der Waals surface area contributed by atoms with E-state index in [4.69, 9.17) is 0 Å². The van der Waals surface area contributed by atoms with Crippen LogP contribution in [0.4, 0.5) is 0 Å². The molecule has 2 N–H and O–H groups in total. The van der Waals surface area contributed by atoms with Crippen molar-refractivity contribution in [3.05, 3.63) is 39.8 Å². The maximum atomic E-state index is 11.7. The molecule has 0 aliphatic rings. The fourth-order valence-corrected chi connectivity index (χ4v) is 2.57. The lowest BCUT2D eigenvalue weighted by Gasteiger charge is -2.20. The molecule has 0 saturated carbocycles. The van der Waals surface area contributed by atoms with Gasteiger partial charge in [-0.25, -0.2) is 4.98 Å². The molecular weight excluding hydrogens is 252 g/mol. The van der Waals surface area contributed by atoms with Crippen molar-refractivity contribution in [2.75, 3.05) is 0 Å². The zero-order valence-corrected chi connectivity index (χ0v) is 12.3. The summed E-state index contributed by atoms with van der Waals surface area (Å²) in [4.78, 5) is 18.9. The van der Waals surface area contributed by atoms with E-state index in [1.165, 1.54) is 0 Å². The Morgan fingerprint density at radius 3 is 2.55 bits per heavy atom. The van der Waals surface area contributed by atoms with Gasteiger partial charge in [0.2, 0.25) is 0 Å². The highest BCUT2D eigenvalue weighted by Crippen LogP contribution is 2.28. The molecule has 0 spiro atoms. The third-order valence-corrected chi connectivity index (χ3v) is 3.96. The monoisotopic (exact) mass is 274 g/mol. The van der Waals surface area contributed by atoms with Crippen LogP contribution in [-0.2, 0) is 6.42 Å². The van der Waals surface area contributed by atoms with E-state index in [2.05, 4.69) is 23.8 Å². The number of aliphatic hydroxyl groups excluding tert-OH is 1. The van der Waals surface area contributed by atoms with Gasteiger partial charge in [-0.15, -0.1) is 0 Å². The summed E-state index contributed by atoms with van der Waals surface area (Å²) in [6, 6.07) is 5.58. The normalized spacial score (nSPS) is 13.1. The summed E-state index contributed by atoms with van der Waals surface area (Å²) >= 11 is 0. The molecule has 0 radical (unpaired) electrons. The van der Waals surface area contributed by atoms with E-state index in [0.717, 1.165) is 23.9 Å². The molecule has 20 heavy (non-hydrogen) atoms. The van der Waals surface area contributed by atoms with Crippen molar-refractivity contribution >= 4 is 11.0 Å². The van der Waals surface area contributed by atoms with E-state index >= 15 is 0 Å². The average Bonchev–Trinajstić information content (AvgIpc) is 2.47. The van der Waals surface area contributed by atoms with E-state index in [-0.39, 0.29) is 11.5 Å². The number of rotatable bonds is 5. The number of H-pyrrole nitrogens is 1. The number of nitrogens with zero attached hydrogens (tertiary/aromatic N) is 1. The Labute approximate surface area is 118 Å². The molecule has 0 bridgehead atoms. The zero-order chi connectivity index (χ0) is 14.7. The molecule has 1 atom stereocenters. The second-order valence-corrected chi connectivity index (χ2v) is 5.16. The molecule has 0 saturated heterocycles. The molecule has 4 nitrogen and oxygen atoms in total. The summed E-state index contributed by atoms with van der Waals surface area (Å²) in [5.41, 5.74) is 2.73. The summed E-state index contributed by atoms with van der Waals surface area (Å²) in [5.74, 6) is 0.251. The number of aromatic amines is 1. The Balaban J connectivity index is 2.47. The number of hydrogen-bond acceptors (Lipinski definition) is 3. The topological polar surface area (TPSA) is 66.0 Å². The lowest BCUT2D eigenvalue weighted by atomic mass is 9.91. The third-order valence-electron chi connectivity index (χ3n) is 3.96. The number of aromatic nitrogens is 2. The number of fused-ring (bicyclic) bond motifs is 1. The predicted octanol–water partition coefficient (Wildman–Crippen LogP) is 2.96. The molecule has 4 heteroatoms. The smallest absolute Gasteiger partial charge is 0.270 e. The van der Waals surface area contributed by atoms with Gasteiger partial charge in [0.15, 0.2) is 0 Å². The number of nitrogens with one attached hydrogen (secondary N) is 1. The first-order valence-electron chi connectivity index (χ1n) is 7.31. The van der Waals surface area contributed by atoms with E-state index in [9.17, 15) is 9.90 Å². The van der Waals surface area contributed by atoms with Gasteiger partial charge in [-0.2, -0.15) is 0 Å². The molecule has 2 aromatic rings. The fourth-order valence-electron chi connectivity index (χ4n) is 2.57. The van der Waals surface area contributed by atoms with Crippen LogP contribution in [0.15, 0.2) is 23.0 Å². The standard InChI is InChI=1S/C16H22N2O2/c1-4-10(5-2)15(19)11-7-8-13-14(9-11)17-12(6-3)16(20)18-13/h7-10,15,19H,4-6H2,1-3H3,(H,18,20). The van der Waals surface area contributed by atoms with E-state index in [1.54, 1.807) is 0 Å². The second kappa shape index (κ2) is 6.18. The zero-order valence-electron chi connectivity index (χ0n) is 12.3. The van der Waals surface area contributed by atoms with E-state index in [0.29, 0.717) is 17.6 Å². The molecule has 1 aromatic heterocycles. The lowest BCUT2D eigenvalue weighted by molar-refractivity contribution is 0.103. The molecule has 1 heterocycles. The highest BCUT2D eigenvalue weighted by molar-refractivity contribution is 5.74. The Kier molecular flexibility index (Phi) is 4.55. The van der Waals surface area contributed by atoms with Crippen LogP contribution in [-0.4, -0.2) is 15.1 Å². The van der Waals surface area contributed by atoms with Crippen LogP contribution >= 0.6 is 0 Å². The van der Waals surface area contributed by atoms with Crippen molar-refractivity contribution in [3.63, 3.8) is 0 Å². The van der Waals surface area contributed by atoms with Crippen molar-refractivity contribution in [2.24, 2.45) is 5.92 Å². The summed E-state index contributed by atoms with van der Waals surface area (Å²) in [6.07, 6.45) is 2.00. The first-order valence-corrected chi connectivity index (χ1v) is 7.31. The molecule has 0 aliphatic heterocycles. The maximum absolute atomic E-state index is 11.7. The van der Waals surface area contributed by atoms with Gasteiger partial charge in [-0.3, -0.25) is 4.79 Å². The van der Waals surface area contributed by atoms with Crippen molar-refractivity contribution < 1.29 is 5.11 Å². The van der Waals surface area contributed by atoms with Gasteiger partial charge >= 0.3 is 0 Å². The quantitative estimate of drug-likeness (QED) is 0.881. The molecular formula is C16H22N2O2. The summed E-state index contributed by atoms with van der Waals surface area (Å²) in [6.45, 7) is 6.08. The molecule has 1 unspecified atom stereocenters. The van der Waals surface area contributed by atoms with Gasteiger partial charge in [-0.05, 0) is 30.0 Å². The molecule has 108 valence electrons. The molecule has 2 rings (SSSR count). The number of hydrogen-bond donors (Lipinski definition) is 2. The Hall–Kier alpha value is -1.68. The Bertz CT molecular complexity index is 644. The number of aryl methyl sites for hydroxylation is 1. The maximum Gasteiger partial charge on any atom is 0.270 e. The molecule has 0 fully saturated rings. The van der Waals surface area contributed by atoms with Crippen molar-refractivity contribution in [2.45, 2.75) is 46.1 Å². The van der Waals surface area contributed by atoms with Crippen LogP contribution in [0.2, 0.25) is 0 Å². The fraction of sp³-hybridized carbons (Fsp3) is 0.500. The minimum Gasteiger partial charge on any atom is -0.388 e. The van der Waals surface area contributed by atoms with Gasteiger partial charge in [0, 0.05) is 0 Å². The minimum absolute atomic E-state index is 0.131. The molecule has 1 aromatic carbocycles. The predicted molar refractivity (Wildman–Crippen MR) is 80.8 cm³/mol. The van der Waals surface area contributed by atoms with E-state index in [1.807, 2.05) is 25.1 Å². The Morgan fingerprint density at radius 1 is 1.25 bits per heavy atom. The van der Waals surface area contributed by atoms with Crippen LogP contribution in [0.3, 0.4) is 0 Å². The second-order valence-electron chi connectivity index (χ2n) is 5.16. The number of aliphatic hydroxyl groups is 1. The third kappa shape index (κ3) is 2.75. The summed E-state index contributed by atoms with van der Waals surface area (Å²) in [7, 11) is 0. The summed E-state index contributed by atoms with van der Waals surface area (Å²) < 4.78 is 0. The van der Waals surface area contributed by atoms with Gasteiger partial charge in [0.25, 0.3) is 5.56 Å². The lowest BCUT2D eigenvalue weighted by Crippen LogP contribution is -2.15. The van der Waals surface area contributed by atoms with Crippen molar-refractivity contribution in [3.8, 4) is 0 Å². The van der Waals surface area contributed by atoms with Gasteiger partial charge in [0.05, 0.1) is 17.1 Å². The average molecular weight is 274 g/mol. The van der Waals surface area contributed by atoms with Gasteiger partial charge < -0.3 is 10.1 Å². The van der Waals surface area contributed by atoms with Crippen LogP contribution in [0.1, 0.15) is 51.0 Å². The summed E-state index contributed by atoms with van der Waals surface area (Å²) in [5, 5.41) is 10.4. The SMILES string of the molecule is CCc1nc2cc(C(O)C(CC)CC)ccc2[nH]c1=O. The number of benzene rings is 1. The van der Waals surface area contributed by atoms with Crippen molar-refractivity contribution in [1.29, 1.82) is 0 Å². The van der Waals surface area contributed by atoms with Crippen LogP contribution < -0.4 is 5.56 Å². The van der Waals surface area contributed by atoms with Crippen molar-refractivity contribution in [1.82, 2.24) is 9.97 Å². The molecule has 0 amide bonds. The van der Waals surface area contributed by atoms with Crippen LogP contribution in [0.25, 0.3) is 11.0 Å². The van der Waals surface area contributed by atoms with Gasteiger partial charge in [-0.1, -0.05) is 39.7 Å². The van der Waals surface area contributed by atoms with Crippen LogP contribution in [0, 0.1) is 5.92 Å². The minimum atomic E-state index is -0.479. The highest BCUT2D eigenvalue weighted by atomic mass is 16.3. The Morgan fingerprint density at radius 2 is 1.95 bits per heavy atom. The van der Waals surface area contributed by atoms with Crippen LogP contribution in [0.5, 0.6) is 0 Å². The highest BCUT2D eigenvalue weighted by Gasteiger charge is 2.18. The largest absolute Gasteiger partial charge is 0.388 e. The van der Waals surface area contributed by atoms with E-state index < -0.39 is 6.10 Å².